The summed E-state index contributed by atoms with van der Waals surface area (Å²) >= 11 is 0. The van der Waals surface area contributed by atoms with Crippen LogP contribution < -0.4 is 5.32 Å². The minimum absolute atomic E-state index is 0.0830. The summed E-state index contributed by atoms with van der Waals surface area (Å²) in [6.45, 7) is 0. The summed E-state index contributed by atoms with van der Waals surface area (Å²) in [5.74, 6) is -0.276. The van der Waals surface area contributed by atoms with Gasteiger partial charge in [-0.2, -0.15) is 0 Å². The zero-order chi connectivity index (χ0) is 18.7. The maximum absolute atomic E-state index is 10.9. The Morgan fingerprint density at radius 1 is 1.00 bits per heavy atom. The van der Waals surface area contributed by atoms with Crippen molar-refractivity contribution in [2.24, 2.45) is 0 Å². The van der Waals surface area contributed by atoms with Crippen LogP contribution in [0.5, 0.6) is 5.75 Å². The summed E-state index contributed by atoms with van der Waals surface area (Å²) in [5, 5.41) is 34.2. The van der Waals surface area contributed by atoms with Crippen molar-refractivity contribution in [1.29, 1.82) is 0 Å². The number of phenols is 1. The number of hydrogen-bond donors (Lipinski definition) is 2. The molecule has 1 heterocycles. The van der Waals surface area contributed by atoms with Gasteiger partial charge >= 0.3 is 5.69 Å². The SMILES string of the molecule is O=[N+]([O-])c1cccc(Nc2nccc(-c3ccc(O)c([N+](=O)[O-])c3)n2)c1. The molecule has 0 amide bonds. The molecule has 0 saturated heterocycles. The van der Waals surface area contributed by atoms with Crippen molar-refractivity contribution in [2.75, 3.05) is 5.32 Å². The third-order valence-corrected chi connectivity index (χ3v) is 3.44. The number of nitrogens with one attached hydrogen (secondary N) is 1. The lowest BCUT2D eigenvalue weighted by atomic mass is 10.1. The topological polar surface area (TPSA) is 144 Å². The summed E-state index contributed by atoms with van der Waals surface area (Å²) in [7, 11) is 0. The van der Waals surface area contributed by atoms with Crippen molar-refractivity contribution < 1.29 is 15.0 Å². The summed E-state index contributed by atoms with van der Waals surface area (Å²) in [4.78, 5) is 28.8. The number of aromatic nitrogens is 2. The molecule has 0 bridgehead atoms. The zero-order valence-corrected chi connectivity index (χ0v) is 13.1. The smallest absolute Gasteiger partial charge is 0.311 e. The van der Waals surface area contributed by atoms with E-state index in [2.05, 4.69) is 15.3 Å². The number of non-ortho nitro benzene ring substituents is 1. The maximum Gasteiger partial charge on any atom is 0.311 e. The van der Waals surface area contributed by atoms with Crippen molar-refractivity contribution in [2.45, 2.75) is 0 Å². The van der Waals surface area contributed by atoms with Crippen molar-refractivity contribution in [1.82, 2.24) is 9.97 Å². The zero-order valence-electron chi connectivity index (χ0n) is 13.1. The molecule has 130 valence electrons. The average Bonchev–Trinajstić information content (AvgIpc) is 2.62. The number of benzene rings is 2. The van der Waals surface area contributed by atoms with E-state index >= 15 is 0 Å². The predicted molar refractivity (Wildman–Crippen MR) is 92.2 cm³/mol. The molecule has 26 heavy (non-hydrogen) atoms. The second-order valence-electron chi connectivity index (χ2n) is 5.16. The molecule has 10 heteroatoms. The molecule has 3 rings (SSSR count). The van der Waals surface area contributed by atoms with Crippen LogP contribution in [0.15, 0.2) is 54.7 Å². The summed E-state index contributed by atoms with van der Waals surface area (Å²) < 4.78 is 0. The molecule has 10 nitrogen and oxygen atoms in total. The number of rotatable bonds is 5. The Kier molecular flexibility index (Phi) is 4.39. The molecule has 0 saturated carbocycles. The fourth-order valence-corrected chi connectivity index (χ4v) is 2.24. The van der Waals surface area contributed by atoms with Gasteiger partial charge in [0.25, 0.3) is 5.69 Å². The van der Waals surface area contributed by atoms with Gasteiger partial charge in [-0.05, 0) is 24.3 Å². The monoisotopic (exact) mass is 353 g/mol. The number of aromatic hydroxyl groups is 1. The molecule has 0 fully saturated rings. The fourth-order valence-electron chi connectivity index (χ4n) is 2.24. The van der Waals surface area contributed by atoms with E-state index in [-0.39, 0.29) is 11.6 Å². The molecule has 0 unspecified atom stereocenters. The molecule has 0 aliphatic heterocycles. The maximum atomic E-state index is 10.9. The normalized spacial score (nSPS) is 10.3. The Balaban J connectivity index is 1.92. The first-order chi connectivity index (χ1) is 12.4. The number of phenolic OH excluding ortho intramolecular Hbond substituents is 1. The highest BCUT2D eigenvalue weighted by molar-refractivity contribution is 5.67. The first kappa shape index (κ1) is 16.8. The van der Waals surface area contributed by atoms with Crippen LogP contribution in [0.2, 0.25) is 0 Å². The Bertz CT molecular complexity index is 1010. The highest BCUT2D eigenvalue weighted by Crippen LogP contribution is 2.31. The van der Waals surface area contributed by atoms with E-state index in [0.717, 1.165) is 0 Å². The van der Waals surface area contributed by atoms with E-state index in [4.69, 9.17) is 0 Å². The molecular formula is C16H11N5O5. The number of nitro groups is 2. The van der Waals surface area contributed by atoms with Crippen LogP contribution in [-0.2, 0) is 0 Å². The minimum atomic E-state index is -0.692. The predicted octanol–water partition coefficient (Wildman–Crippen LogP) is 3.41. The molecular weight excluding hydrogens is 342 g/mol. The summed E-state index contributed by atoms with van der Waals surface area (Å²) in [6, 6.07) is 11.3. The van der Waals surface area contributed by atoms with Crippen LogP contribution in [0.1, 0.15) is 0 Å². The number of hydrogen-bond acceptors (Lipinski definition) is 8. The lowest BCUT2D eigenvalue weighted by Gasteiger charge is -2.07. The van der Waals surface area contributed by atoms with E-state index < -0.39 is 21.3 Å². The second kappa shape index (κ2) is 6.81. The first-order valence-electron chi connectivity index (χ1n) is 7.26. The molecule has 0 aliphatic rings. The van der Waals surface area contributed by atoms with Crippen LogP contribution in [0, 0.1) is 20.2 Å². The quantitative estimate of drug-likeness (QED) is 0.524. The standard InChI is InChI=1S/C16H11N5O5/c22-15-5-4-10(8-14(15)21(25)26)13-6-7-17-16(19-13)18-11-2-1-3-12(9-11)20(23)24/h1-9,22H,(H,17,18,19). The van der Waals surface area contributed by atoms with E-state index in [1.807, 2.05) is 0 Å². The van der Waals surface area contributed by atoms with E-state index in [0.29, 0.717) is 16.9 Å². The van der Waals surface area contributed by atoms with Gasteiger partial charge in [-0.15, -0.1) is 0 Å². The summed E-state index contributed by atoms with van der Waals surface area (Å²) in [5.41, 5.74) is 0.706. The van der Waals surface area contributed by atoms with Crippen molar-refractivity contribution in [3.05, 3.63) is 75.0 Å². The molecule has 0 spiro atoms. The third kappa shape index (κ3) is 3.53. The van der Waals surface area contributed by atoms with Crippen molar-refractivity contribution in [3.8, 4) is 17.0 Å². The van der Waals surface area contributed by atoms with E-state index in [1.54, 1.807) is 12.1 Å². The van der Waals surface area contributed by atoms with Gasteiger partial charge in [-0.25, -0.2) is 9.97 Å². The Labute approximate surface area is 146 Å². The number of nitro benzene ring substituents is 2. The van der Waals surface area contributed by atoms with E-state index in [1.165, 1.54) is 42.6 Å². The Morgan fingerprint density at radius 2 is 1.81 bits per heavy atom. The van der Waals surface area contributed by atoms with Crippen molar-refractivity contribution >= 4 is 23.0 Å². The molecule has 2 N–H and O–H groups in total. The fraction of sp³-hybridized carbons (Fsp3) is 0. The van der Waals surface area contributed by atoms with Gasteiger partial charge in [-0.1, -0.05) is 6.07 Å². The van der Waals surface area contributed by atoms with Gasteiger partial charge in [-0.3, -0.25) is 20.2 Å². The third-order valence-electron chi connectivity index (χ3n) is 3.44. The van der Waals surface area contributed by atoms with Crippen molar-refractivity contribution in [3.63, 3.8) is 0 Å². The van der Waals surface area contributed by atoms with Gasteiger partial charge in [0.15, 0.2) is 5.75 Å². The molecule has 2 aromatic carbocycles. The Hall–Kier alpha value is -4.08. The highest BCUT2D eigenvalue weighted by atomic mass is 16.6. The van der Waals surface area contributed by atoms with Crippen LogP contribution >= 0.6 is 0 Å². The minimum Gasteiger partial charge on any atom is -0.502 e. The van der Waals surface area contributed by atoms with Gasteiger partial charge in [0, 0.05) is 35.6 Å². The van der Waals surface area contributed by atoms with Gasteiger partial charge in [0.2, 0.25) is 5.95 Å². The van der Waals surface area contributed by atoms with E-state index in [9.17, 15) is 25.3 Å². The number of anilines is 2. The van der Waals surface area contributed by atoms with Gasteiger partial charge in [0.1, 0.15) is 0 Å². The second-order valence-corrected chi connectivity index (χ2v) is 5.16. The lowest BCUT2D eigenvalue weighted by molar-refractivity contribution is -0.385. The van der Waals surface area contributed by atoms with Gasteiger partial charge in [0.05, 0.1) is 15.5 Å². The average molecular weight is 353 g/mol. The van der Waals surface area contributed by atoms with Crippen LogP contribution in [-0.4, -0.2) is 24.9 Å². The molecule has 0 atom stereocenters. The molecule has 0 aliphatic carbocycles. The lowest BCUT2D eigenvalue weighted by Crippen LogP contribution is -1.99. The first-order valence-corrected chi connectivity index (χ1v) is 7.26. The van der Waals surface area contributed by atoms with Gasteiger partial charge < -0.3 is 10.4 Å². The largest absolute Gasteiger partial charge is 0.502 e. The Morgan fingerprint density at radius 3 is 2.54 bits per heavy atom. The number of nitrogens with zero attached hydrogens (tertiary/aromatic N) is 4. The molecule has 0 radical (unpaired) electrons. The summed E-state index contributed by atoms with van der Waals surface area (Å²) in [6.07, 6.45) is 1.45. The highest BCUT2D eigenvalue weighted by Gasteiger charge is 2.15. The van der Waals surface area contributed by atoms with Crippen LogP contribution in [0.4, 0.5) is 23.0 Å². The molecule has 1 aromatic heterocycles. The van der Waals surface area contributed by atoms with Crippen LogP contribution in [0.3, 0.4) is 0 Å². The van der Waals surface area contributed by atoms with Crippen LogP contribution in [0.25, 0.3) is 11.3 Å². The molecule has 3 aromatic rings.